The fourth-order valence-electron chi connectivity index (χ4n) is 4.17. The Kier molecular flexibility index (Phi) is 5.93. The summed E-state index contributed by atoms with van der Waals surface area (Å²) < 4.78 is 7.34. The molecule has 0 bridgehead atoms. The smallest absolute Gasteiger partial charge is 0.335 e. The summed E-state index contributed by atoms with van der Waals surface area (Å²) in [5.74, 6) is 0.299. The minimum Gasteiger partial charge on any atom is -0.478 e. The maximum atomic E-state index is 11.4. The first-order chi connectivity index (χ1) is 16.4. The Hall–Kier alpha value is -3.49. The summed E-state index contributed by atoms with van der Waals surface area (Å²) in [6.07, 6.45) is 1.76. The highest BCUT2D eigenvalue weighted by molar-refractivity contribution is 9.10. The summed E-state index contributed by atoms with van der Waals surface area (Å²) in [6.45, 7) is 2.03. The zero-order valence-electron chi connectivity index (χ0n) is 18.1. The highest BCUT2D eigenvalue weighted by atomic mass is 79.9. The average molecular weight is 534 g/mol. The molecule has 1 aliphatic rings. The average Bonchev–Trinajstić information content (AvgIpc) is 3.46. The number of carbonyl (C=O) groups is 1. The van der Waals surface area contributed by atoms with Crippen molar-refractivity contribution < 1.29 is 14.3 Å². The number of aromatic nitrogens is 1. The van der Waals surface area contributed by atoms with E-state index in [1.165, 1.54) is 0 Å². The largest absolute Gasteiger partial charge is 0.478 e. The van der Waals surface area contributed by atoms with Crippen LogP contribution in [0.15, 0.2) is 87.9 Å². The third-order valence-corrected chi connectivity index (χ3v) is 7.03. The maximum Gasteiger partial charge on any atom is 0.335 e. The van der Waals surface area contributed by atoms with Gasteiger partial charge < -0.3 is 19.7 Å². The third kappa shape index (κ3) is 4.10. The van der Waals surface area contributed by atoms with Crippen LogP contribution in [-0.2, 0) is 0 Å². The number of thiocarbonyl (C=S) groups is 1. The van der Waals surface area contributed by atoms with Crippen molar-refractivity contribution in [1.29, 1.82) is 0 Å². The van der Waals surface area contributed by atoms with Gasteiger partial charge in [-0.15, -0.1) is 0 Å². The van der Waals surface area contributed by atoms with Gasteiger partial charge in [0.1, 0.15) is 17.6 Å². The lowest BCUT2D eigenvalue weighted by Gasteiger charge is -2.26. The predicted molar refractivity (Wildman–Crippen MR) is 138 cm³/mol. The number of carboxylic acids is 1. The van der Waals surface area contributed by atoms with Gasteiger partial charge in [-0.1, -0.05) is 34.1 Å². The van der Waals surface area contributed by atoms with Crippen molar-refractivity contribution in [3.8, 4) is 11.3 Å². The van der Waals surface area contributed by atoms with Crippen LogP contribution in [0.3, 0.4) is 0 Å². The summed E-state index contributed by atoms with van der Waals surface area (Å²) in [7, 11) is 0. The lowest BCUT2D eigenvalue weighted by Crippen LogP contribution is -2.29. The lowest BCUT2D eigenvalue weighted by atomic mass is 10.0. The molecule has 0 spiro atoms. The van der Waals surface area contributed by atoms with E-state index in [0.29, 0.717) is 22.2 Å². The number of aryl methyl sites for hydroxylation is 1. The van der Waals surface area contributed by atoms with E-state index in [0.717, 1.165) is 21.4 Å². The number of benzene rings is 2. The molecule has 2 atom stereocenters. The van der Waals surface area contributed by atoms with Crippen LogP contribution in [-0.4, -0.2) is 21.2 Å². The molecular formula is C26H20BrN3O3S. The molecule has 0 unspecified atom stereocenters. The molecule has 1 fully saturated rings. The molecule has 0 saturated carbocycles. The van der Waals surface area contributed by atoms with Crippen molar-refractivity contribution in [2.75, 3.05) is 4.90 Å². The SMILES string of the molecule is Cc1cc(N2C(=S)N[C@@H](c3ccccn3)[C@H]2c2ccc(-c3cccc(C(=O)O)c3)o2)ccc1Br. The van der Waals surface area contributed by atoms with Crippen LogP contribution in [0.1, 0.15) is 39.5 Å². The van der Waals surface area contributed by atoms with E-state index in [1.807, 2.05) is 60.4 Å². The number of carboxylic acid groups (broad SMARTS) is 1. The van der Waals surface area contributed by atoms with Crippen molar-refractivity contribution in [3.63, 3.8) is 0 Å². The Balaban J connectivity index is 1.60. The number of halogens is 1. The Morgan fingerprint density at radius 1 is 1.12 bits per heavy atom. The summed E-state index contributed by atoms with van der Waals surface area (Å²) in [5, 5.41) is 13.4. The van der Waals surface area contributed by atoms with Crippen molar-refractivity contribution in [2.24, 2.45) is 0 Å². The molecule has 2 aromatic carbocycles. The molecule has 0 aliphatic carbocycles. The maximum absolute atomic E-state index is 11.4. The first kappa shape index (κ1) is 22.3. The van der Waals surface area contributed by atoms with Crippen molar-refractivity contribution in [3.05, 3.63) is 106 Å². The molecule has 6 nitrogen and oxygen atoms in total. The molecular weight excluding hydrogens is 514 g/mol. The second-order valence-corrected chi connectivity index (χ2v) is 9.26. The van der Waals surface area contributed by atoms with Crippen LogP contribution in [0.5, 0.6) is 0 Å². The van der Waals surface area contributed by atoms with E-state index in [-0.39, 0.29) is 17.6 Å². The highest BCUT2D eigenvalue weighted by Gasteiger charge is 2.42. The van der Waals surface area contributed by atoms with E-state index in [1.54, 1.807) is 24.4 Å². The van der Waals surface area contributed by atoms with Gasteiger partial charge >= 0.3 is 5.97 Å². The number of hydrogen-bond acceptors (Lipinski definition) is 4. The van der Waals surface area contributed by atoms with E-state index < -0.39 is 5.97 Å². The van der Waals surface area contributed by atoms with Crippen LogP contribution in [0.2, 0.25) is 0 Å². The number of hydrogen-bond donors (Lipinski definition) is 2. The van der Waals surface area contributed by atoms with Gasteiger partial charge in [0.15, 0.2) is 5.11 Å². The number of aromatic carboxylic acids is 1. The molecule has 2 N–H and O–H groups in total. The first-order valence-corrected chi connectivity index (χ1v) is 11.8. The summed E-state index contributed by atoms with van der Waals surface area (Å²) >= 11 is 9.34. The van der Waals surface area contributed by atoms with Gasteiger partial charge in [-0.25, -0.2) is 4.79 Å². The van der Waals surface area contributed by atoms with E-state index in [2.05, 4.69) is 32.3 Å². The van der Waals surface area contributed by atoms with Crippen LogP contribution in [0.25, 0.3) is 11.3 Å². The molecule has 0 amide bonds. The second kappa shape index (κ2) is 9.04. The first-order valence-electron chi connectivity index (χ1n) is 10.6. The molecule has 3 heterocycles. The predicted octanol–water partition coefficient (Wildman–Crippen LogP) is 6.29. The Bertz CT molecular complexity index is 1390. The number of furan rings is 1. The van der Waals surface area contributed by atoms with Crippen LogP contribution in [0, 0.1) is 6.92 Å². The van der Waals surface area contributed by atoms with Gasteiger partial charge in [-0.05, 0) is 79.3 Å². The fourth-order valence-corrected chi connectivity index (χ4v) is 4.77. The van der Waals surface area contributed by atoms with Crippen molar-refractivity contribution in [1.82, 2.24) is 10.3 Å². The zero-order valence-corrected chi connectivity index (χ0v) is 20.5. The topological polar surface area (TPSA) is 78.6 Å². The lowest BCUT2D eigenvalue weighted by molar-refractivity contribution is 0.0697. The van der Waals surface area contributed by atoms with Crippen molar-refractivity contribution >= 4 is 44.9 Å². The number of pyridine rings is 1. The molecule has 0 radical (unpaired) electrons. The monoisotopic (exact) mass is 533 g/mol. The van der Waals surface area contributed by atoms with E-state index in [9.17, 15) is 9.90 Å². The highest BCUT2D eigenvalue weighted by Crippen LogP contribution is 2.43. The molecule has 34 heavy (non-hydrogen) atoms. The van der Waals surface area contributed by atoms with Gasteiger partial charge in [-0.2, -0.15) is 0 Å². The number of nitrogens with zero attached hydrogens (tertiary/aromatic N) is 2. The summed E-state index contributed by atoms with van der Waals surface area (Å²) in [6, 6.07) is 21.8. The van der Waals surface area contributed by atoms with E-state index >= 15 is 0 Å². The molecule has 2 aromatic heterocycles. The quantitative estimate of drug-likeness (QED) is 0.292. The Morgan fingerprint density at radius 2 is 1.97 bits per heavy atom. The van der Waals surface area contributed by atoms with Gasteiger partial charge in [-0.3, -0.25) is 4.98 Å². The van der Waals surface area contributed by atoms with Gasteiger partial charge in [0, 0.05) is 21.9 Å². The molecule has 1 saturated heterocycles. The molecule has 1 aliphatic heterocycles. The minimum atomic E-state index is -0.981. The van der Waals surface area contributed by atoms with Gasteiger partial charge in [0.2, 0.25) is 0 Å². The molecule has 170 valence electrons. The summed E-state index contributed by atoms with van der Waals surface area (Å²) in [4.78, 5) is 18.0. The van der Waals surface area contributed by atoms with Crippen LogP contribution in [0.4, 0.5) is 5.69 Å². The minimum absolute atomic E-state index is 0.206. The summed E-state index contributed by atoms with van der Waals surface area (Å²) in [5.41, 5.74) is 3.77. The zero-order chi connectivity index (χ0) is 23.8. The van der Waals surface area contributed by atoms with Gasteiger partial charge in [0.05, 0.1) is 17.3 Å². The normalized spacial score (nSPS) is 17.6. The van der Waals surface area contributed by atoms with Crippen LogP contribution >= 0.6 is 28.1 Å². The van der Waals surface area contributed by atoms with Crippen LogP contribution < -0.4 is 10.2 Å². The fraction of sp³-hybridized carbons (Fsp3) is 0.115. The third-order valence-electron chi connectivity index (χ3n) is 5.83. The standard InChI is InChI=1S/C26H20BrN3O3S/c1-15-13-18(8-9-19(15)27)30-24(23(29-26(30)34)20-7-2-3-12-28-20)22-11-10-21(33-22)16-5-4-6-17(14-16)25(31)32/h2-14,23-24H,1H3,(H,29,34)(H,31,32)/t23-,24+/m0/s1. The molecule has 8 heteroatoms. The van der Waals surface area contributed by atoms with Crippen molar-refractivity contribution in [2.45, 2.75) is 19.0 Å². The van der Waals surface area contributed by atoms with E-state index in [4.69, 9.17) is 16.6 Å². The Labute approximate surface area is 210 Å². The number of nitrogens with one attached hydrogen (secondary N) is 1. The number of rotatable bonds is 5. The molecule has 4 aromatic rings. The molecule has 5 rings (SSSR count). The number of anilines is 1. The Morgan fingerprint density at radius 3 is 2.71 bits per heavy atom. The van der Waals surface area contributed by atoms with Gasteiger partial charge in [0.25, 0.3) is 0 Å². The second-order valence-electron chi connectivity index (χ2n) is 8.02.